The molecule has 3 unspecified atom stereocenters. The lowest BCUT2D eigenvalue weighted by atomic mass is 9.94. The summed E-state index contributed by atoms with van der Waals surface area (Å²) in [5.74, 6) is 0.0612. The molecule has 0 radical (unpaired) electrons. The summed E-state index contributed by atoms with van der Waals surface area (Å²) in [6.07, 6.45) is 4.58. The van der Waals surface area contributed by atoms with Gasteiger partial charge in [0.1, 0.15) is 11.5 Å². The van der Waals surface area contributed by atoms with Crippen molar-refractivity contribution in [3.63, 3.8) is 0 Å². The number of rotatable bonds is 7. The van der Waals surface area contributed by atoms with Crippen LogP contribution in [0.15, 0.2) is 23.2 Å². The first-order chi connectivity index (χ1) is 12.5. The molecule has 4 atom stereocenters. The fourth-order valence-corrected chi connectivity index (χ4v) is 4.61. The number of aliphatic hydroxyl groups is 1. The van der Waals surface area contributed by atoms with Gasteiger partial charge in [-0.2, -0.15) is 8.78 Å². The number of benzene rings is 1. The molecule has 2 aliphatic carbocycles. The summed E-state index contributed by atoms with van der Waals surface area (Å²) in [6, 6.07) is 4.93. The van der Waals surface area contributed by atoms with Crippen molar-refractivity contribution in [2.24, 2.45) is 22.7 Å². The molecule has 0 saturated heterocycles. The van der Waals surface area contributed by atoms with E-state index in [0.29, 0.717) is 23.5 Å². The first-order valence-electron chi connectivity index (χ1n) is 9.57. The number of hydrogen-bond acceptors (Lipinski definition) is 4. The maximum Gasteiger partial charge on any atom is 0.290 e. The summed E-state index contributed by atoms with van der Waals surface area (Å²) < 4.78 is 34.4. The minimum absolute atomic E-state index is 0.267. The van der Waals surface area contributed by atoms with E-state index in [4.69, 9.17) is 4.74 Å². The zero-order valence-electron chi connectivity index (χ0n) is 15.0. The molecule has 0 amide bonds. The van der Waals surface area contributed by atoms with Crippen LogP contribution in [0.5, 0.6) is 5.75 Å². The molecule has 26 heavy (non-hydrogen) atoms. The third-order valence-corrected chi connectivity index (χ3v) is 6.18. The summed E-state index contributed by atoms with van der Waals surface area (Å²) in [5.41, 5.74) is 0.409. The number of alkyl halides is 2. The van der Waals surface area contributed by atoms with Crippen LogP contribution in [0.3, 0.4) is 0 Å². The Morgan fingerprint density at radius 2 is 2.15 bits per heavy atom. The summed E-state index contributed by atoms with van der Waals surface area (Å²) >= 11 is 0. The Labute approximate surface area is 152 Å². The van der Waals surface area contributed by atoms with Gasteiger partial charge in [-0.1, -0.05) is 12.8 Å². The lowest BCUT2D eigenvalue weighted by molar-refractivity contribution is 0.0527. The topological polar surface area (TPSA) is 53.8 Å². The van der Waals surface area contributed by atoms with Crippen molar-refractivity contribution in [3.05, 3.63) is 18.2 Å². The fourth-order valence-electron chi connectivity index (χ4n) is 4.61. The van der Waals surface area contributed by atoms with E-state index in [2.05, 4.69) is 10.3 Å². The minimum Gasteiger partial charge on any atom is -0.497 e. The van der Waals surface area contributed by atoms with E-state index >= 15 is 0 Å². The number of unbranched alkanes of at least 4 members (excludes halogenated alkanes) is 1. The second-order valence-corrected chi connectivity index (χ2v) is 7.87. The monoisotopic (exact) mass is 364 g/mol. The predicted octanol–water partition coefficient (Wildman–Crippen LogP) is 4.75. The quantitative estimate of drug-likeness (QED) is 0.686. The molecular weight excluding hydrogens is 338 g/mol. The van der Waals surface area contributed by atoms with E-state index in [0.717, 1.165) is 30.6 Å². The highest BCUT2D eigenvalue weighted by Crippen LogP contribution is 2.56. The molecule has 1 aromatic carbocycles. The Kier molecular flexibility index (Phi) is 4.63. The van der Waals surface area contributed by atoms with E-state index in [1.165, 1.54) is 26.4 Å². The van der Waals surface area contributed by atoms with Crippen molar-refractivity contribution >= 4 is 17.1 Å². The molecule has 0 aromatic heterocycles. The van der Waals surface area contributed by atoms with Gasteiger partial charge in [0.05, 0.1) is 18.5 Å². The lowest BCUT2D eigenvalue weighted by Gasteiger charge is -2.28. The van der Waals surface area contributed by atoms with Crippen LogP contribution in [0, 0.1) is 17.8 Å². The fraction of sp³-hybridized carbons (Fsp3) is 0.650. The number of methoxy groups -OCH3 is 1. The lowest BCUT2D eigenvalue weighted by Crippen LogP contribution is -2.43. The zero-order chi connectivity index (χ0) is 18.3. The van der Waals surface area contributed by atoms with Gasteiger partial charge < -0.3 is 15.2 Å². The van der Waals surface area contributed by atoms with Crippen LogP contribution in [0.2, 0.25) is 0 Å². The van der Waals surface area contributed by atoms with Gasteiger partial charge in [0.25, 0.3) is 5.92 Å². The SMILES string of the molecule is COc1ccc2c(c1)NC(O)C(C(F)(F)CCCC[C@H]1CCC3CC31)=N2. The maximum atomic E-state index is 14.6. The van der Waals surface area contributed by atoms with Crippen LogP contribution < -0.4 is 10.1 Å². The number of halogens is 2. The molecule has 1 heterocycles. The van der Waals surface area contributed by atoms with Gasteiger partial charge in [-0.3, -0.25) is 0 Å². The standard InChI is InChI=1S/C20H26F2N2O2/c1-26-14-7-8-16-17(11-14)24-19(25)18(23-16)20(21,22)9-3-2-4-12-5-6-13-10-15(12)13/h7-8,11-13,15,19,24-25H,2-6,9-10H2,1H3/t12-,13?,15?,19?/m0/s1. The van der Waals surface area contributed by atoms with Crippen LogP contribution in [0.25, 0.3) is 0 Å². The van der Waals surface area contributed by atoms with E-state index in [1.807, 2.05) is 0 Å². The smallest absolute Gasteiger partial charge is 0.290 e. The highest BCUT2D eigenvalue weighted by molar-refractivity contribution is 6.01. The first-order valence-corrected chi connectivity index (χ1v) is 9.57. The molecule has 6 heteroatoms. The molecule has 3 aliphatic rings. The number of anilines is 1. The number of nitrogens with one attached hydrogen (secondary N) is 1. The number of aliphatic hydroxyl groups excluding tert-OH is 1. The zero-order valence-corrected chi connectivity index (χ0v) is 15.0. The molecule has 142 valence electrons. The van der Waals surface area contributed by atoms with Crippen LogP contribution in [-0.2, 0) is 0 Å². The predicted molar refractivity (Wildman–Crippen MR) is 97.5 cm³/mol. The average molecular weight is 364 g/mol. The van der Waals surface area contributed by atoms with E-state index in [9.17, 15) is 13.9 Å². The molecule has 2 saturated carbocycles. The van der Waals surface area contributed by atoms with Crippen molar-refractivity contribution in [2.75, 3.05) is 12.4 Å². The van der Waals surface area contributed by atoms with Crippen LogP contribution >= 0.6 is 0 Å². The third-order valence-electron chi connectivity index (χ3n) is 6.18. The summed E-state index contributed by atoms with van der Waals surface area (Å²) in [4.78, 5) is 4.05. The van der Waals surface area contributed by atoms with E-state index < -0.39 is 17.9 Å². The number of hydrogen-bond donors (Lipinski definition) is 2. The second kappa shape index (κ2) is 6.80. The number of fused-ring (bicyclic) bond motifs is 2. The van der Waals surface area contributed by atoms with Gasteiger partial charge >= 0.3 is 0 Å². The molecule has 1 aliphatic heterocycles. The second-order valence-electron chi connectivity index (χ2n) is 7.87. The number of nitrogens with zero attached hydrogens (tertiary/aromatic N) is 1. The Morgan fingerprint density at radius 3 is 2.85 bits per heavy atom. The van der Waals surface area contributed by atoms with Crippen molar-refractivity contribution in [1.82, 2.24) is 0 Å². The molecule has 0 bridgehead atoms. The van der Waals surface area contributed by atoms with Gasteiger partial charge in [0.2, 0.25) is 0 Å². The van der Waals surface area contributed by atoms with E-state index in [1.54, 1.807) is 18.2 Å². The summed E-state index contributed by atoms with van der Waals surface area (Å²) in [5, 5.41) is 12.8. The molecular formula is C20H26F2N2O2. The number of aliphatic imine (C=N–C) groups is 1. The maximum absolute atomic E-state index is 14.6. The third kappa shape index (κ3) is 3.43. The number of ether oxygens (including phenoxy) is 1. The van der Waals surface area contributed by atoms with Crippen LogP contribution in [0.4, 0.5) is 20.2 Å². The van der Waals surface area contributed by atoms with E-state index in [-0.39, 0.29) is 6.42 Å². The molecule has 4 nitrogen and oxygen atoms in total. The van der Waals surface area contributed by atoms with Crippen LogP contribution in [-0.4, -0.2) is 30.1 Å². The molecule has 2 fully saturated rings. The van der Waals surface area contributed by atoms with Gasteiger partial charge in [0, 0.05) is 12.5 Å². The van der Waals surface area contributed by atoms with Crippen molar-refractivity contribution in [3.8, 4) is 5.75 Å². The molecule has 2 N–H and O–H groups in total. The highest BCUT2D eigenvalue weighted by atomic mass is 19.3. The summed E-state index contributed by atoms with van der Waals surface area (Å²) in [7, 11) is 1.53. The normalized spacial score (nSPS) is 29.5. The minimum atomic E-state index is -3.11. The van der Waals surface area contributed by atoms with Gasteiger partial charge in [0.15, 0.2) is 6.23 Å². The first kappa shape index (κ1) is 17.7. The Balaban J connectivity index is 1.36. The summed E-state index contributed by atoms with van der Waals surface area (Å²) in [6.45, 7) is 0. The van der Waals surface area contributed by atoms with Crippen LogP contribution in [0.1, 0.15) is 44.9 Å². The molecule has 0 spiro atoms. The van der Waals surface area contributed by atoms with Gasteiger partial charge in [-0.15, -0.1) is 0 Å². The highest BCUT2D eigenvalue weighted by Gasteiger charge is 2.47. The van der Waals surface area contributed by atoms with Crippen molar-refractivity contribution in [1.29, 1.82) is 0 Å². The largest absolute Gasteiger partial charge is 0.497 e. The van der Waals surface area contributed by atoms with Gasteiger partial charge in [-0.05, 0) is 55.6 Å². The Bertz CT molecular complexity index is 707. The van der Waals surface area contributed by atoms with Gasteiger partial charge in [-0.25, -0.2) is 4.99 Å². The Morgan fingerprint density at radius 1 is 1.31 bits per heavy atom. The average Bonchev–Trinajstić information content (AvgIpc) is 3.30. The van der Waals surface area contributed by atoms with Crippen molar-refractivity contribution < 1.29 is 18.6 Å². The molecule has 4 rings (SSSR count). The Hall–Kier alpha value is -1.69. The molecule has 1 aromatic rings. The van der Waals surface area contributed by atoms with Crippen molar-refractivity contribution in [2.45, 2.75) is 57.1 Å².